The van der Waals surface area contributed by atoms with Crippen molar-refractivity contribution in [2.75, 3.05) is 13.2 Å². The van der Waals surface area contributed by atoms with E-state index in [1.165, 1.54) is 12.8 Å². The maximum absolute atomic E-state index is 6.02. The number of rotatable bonds is 2. The molecule has 2 aliphatic heterocycles. The summed E-state index contributed by atoms with van der Waals surface area (Å²) in [5.74, 6) is 1.87. The first-order valence-electron chi connectivity index (χ1n) is 6.81. The smallest absolute Gasteiger partial charge is 0.0736 e. The summed E-state index contributed by atoms with van der Waals surface area (Å²) in [7, 11) is 0. The van der Waals surface area contributed by atoms with Crippen molar-refractivity contribution in [2.24, 2.45) is 23.5 Å². The van der Waals surface area contributed by atoms with Gasteiger partial charge in [-0.2, -0.15) is 0 Å². The van der Waals surface area contributed by atoms with Gasteiger partial charge in [0, 0.05) is 30.0 Å². The van der Waals surface area contributed by atoms with Crippen molar-refractivity contribution in [1.29, 1.82) is 0 Å². The summed E-state index contributed by atoms with van der Waals surface area (Å²) in [6.45, 7) is 3.92. The molecule has 0 aromatic carbocycles. The third kappa shape index (κ3) is 2.47. The van der Waals surface area contributed by atoms with E-state index in [1.54, 1.807) is 0 Å². The van der Waals surface area contributed by atoms with Gasteiger partial charge in [0.05, 0.1) is 12.2 Å². The van der Waals surface area contributed by atoms with Crippen LogP contribution >= 0.6 is 28.3 Å². The van der Waals surface area contributed by atoms with Crippen molar-refractivity contribution in [3.05, 3.63) is 0 Å². The van der Waals surface area contributed by atoms with Crippen LogP contribution in [0.3, 0.4) is 0 Å². The lowest BCUT2D eigenvalue weighted by molar-refractivity contribution is -0.0512. The quantitative estimate of drug-likeness (QED) is 0.785. The zero-order valence-electron chi connectivity index (χ0n) is 10.8. The van der Waals surface area contributed by atoms with E-state index < -0.39 is 0 Å². The third-order valence-corrected chi connectivity index (χ3v) is 5.91. The van der Waals surface area contributed by atoms with E-state index in [9.17, 15) is 0 Å². The van der Waals surface area contributed by atoms with Gasteiger partial charge in [-0.05, 0) is 38.0 Å². The lowest BCUT2D eigenvalue weighted by atomic mass is 9.68. The fraction of sp³-hybridized carbons (Fsp3) is 1.00. The fourth-order valence-electron chi connectivity index (χ4n) is 4.05. The highest BCUT2D eigenvalue weighted by Gasteiger charge is 2.54. The molecule has 0 spiro atoms. The summed E-state index contributed by atoms with van der Waals surface area (Å²) in [5.41, 5.74) is 6.02. The summed E-state index contributed by atoms with van der Waals surface area (Å²) in [6, 6.07) is 0.262. The maximum Gasteiger partial charge on any atom is 0.0736 e. The summed E-state index contributed by atoms with van der Waals surface area (Å²) in [6.07, 6.45) is 4.22. The Bertz CT molecular complexity index is 270. The molecule has 3 aliphatic rings. The minimum Gasteiger partial charge on any atom is -0.378 e. The summed E-state index contributed by atoms with van der Waals surface area (Å²) < 4.78 is 12.0. The molecule has 2 N–H and O–H groups in total. The summed E-state index contributed by atoms with van der Waals surface area (Å²) >= 11 is 3.86. The highest BCUT2D eigenvalue weighted by molar-refractivity contribution is 9.09. The average Bonchev–Trinajstić information content (AvgIpc) is 2.92. The molecule has 18 heavy (non-hydrogen) atoms. The van der Waals surface area contributed by atoms with Crippen LogP contribution in [0, 0.1) is 17.8 Å². The largest absolute Gasteiger partial charge is 0.378 e. The molecule has 2 saturated heterocycles. The topological polar surface area (TPSA) is 44.5 Å². The molecule has 0 amide bonds. The number of nitrogens with two attached hydrogens (primary N) is 1. The zero-order valence-corrected chi connectivity index (χ0v) is 13.2. The Balaban J connectivity index is 0.00000120. The second-order valence-electron chi connectivity index (χ2n) is 5.90. The van der Waals surface area contributed by atoms with Crippen molar-refractivity contribution in [3.63, 3.8) is 0 Å². The Morgan fingerprint density at radius 2 is 1.78 bits per heavy atom. The van der Waals surface area contributed by atoms with Crippen LogP contribution in [-0.2, 0) is 9.47 Å². The first-order valence-corrected chi connectivity index (χ1v) is 7.73. The van der Waals surface area contributed by atoms with Crippen molar-refractivity contribution in [2.45, 2.75) is 49.3 Å². The lowest BCUT2D eigenvalue weighted by Crippen LogP contribution is -2.51. The minimum absolute atomic E-state index is 0. The monoisotopic (exact) mass is 339 g/mol. The van der Waals surface area contributed by atoms with Gasteiger partial charge in [0.1, 0.15) is 0 Å². The van der Waals surface area contributed by atoms with E-state index in [1.807, 2.05) is 0 Å². The van der Waals surface area contributed by atoms with E-state index in [-0.39, 0.29) is 18.4 Å². The van der Waals surface area contributed by atoms with Crippen LogP contribution in [0.2, 0.25) is 0 Å². The molecule has 0 radical (unpaired) electrons. The zero-order chi connectivity index (χ0) is 12.0. The SMILES string of the molecule is C[C@@H](N)CC1C2CCOC2C(Br)C2CCOC21.Cl. The van der Waals surface area contributed by atoms with E-state index >= 15 is 0 Å². The third-order valence-electron chi connectivity index (χ3n) is 4.71. The van der Waals surface area contributed by atoms with Gasteiger partial charge < -0.3 is 15.2 Å². The Kier molecular flexibility index (Phi) is 4.98. The molecule has 3 nitrogen and oxygen atoms in total. The highest BCUT2D eigenvalue weighted by Crippen LogP contribution is 2.50. The van der Waals surface area contributed by atoms with Crippen molar-refractivity contribution in [1.82, 2.24) is 0 Å². The molecule has 0 aromatic heterocycles. The van der Waals surface area contributed by atoms with E-state index in [0.29, 0.717) is 34.8 Å². The highest BCUT2D eigenvalue weighted by atomic mass is 79.9. The standard InChI is InChI=1S/C13H22BrNO2.ClH/c1-7(15)6-10-8-2-4-17-13(8)11(14)9-3-5-16-12(9)10;/h7-13H,2-6,15H2,1H3;1H/t7-,8?,9?,10?,11?,12?,13?;/m1./s1. The Hall–Kier alpha value is 0.650. The van der Waals surface area contributed by atoms with Gasteiger partial charge in [0.25, 0.3) is 0 Å². The average molecular weight is 341 g/mol. The molecular formula is C13H23BrClNO2. The van der Waals surface area contributed by atoms with Crippen LogP contribution in [-0.4, -0.2) is 36.3 Å². The maximum atomic E-state index is 6.02. The molecule has 5 heteroatoms. The van der Waals surface area contributed by atoms with Crippen LogP contribution in [0.25, 0.3) is 0 Å². The molecular weight excluding hydrogens is 318 g/mol. The van der Waals surface area contributed by atoms with Crippen LogP contribution in [0.5, 0.6) is 0 Å². The van der Waals surface area contributed by atoms with Crippen LogP contribution < -0.4 is 5.73 Å². The van der Waals surface area contributed by atoms with Crippen LogP contribution in [0.15, 0.2) is 0 Å². The second kappa shape index (κ2) is 5.96. The molecule has 0 aromatic rings. The number of hydrogen-bond acceptors (Lipinski definition) is 3. The van der Waals surface area contributed by atoms with Crippen molar-refractivity contribution >= 4 is 28.3 Å². The van der Waals surface area contributed by atoms with Gasteiger partial charge in [-0.25, -0.2) is 0 Å². The molecule has 1 saturated carbocycles. The molecule has 106 valence electrons. The van der Waals surface area contributed by atoms with Gasteiger partial charge in [-0.1, -0.05) is 15.9 Å². The number of fused-ring (bicyclic) bond motifs is 2. The predicted molar refractivity (Wildman–Crippen MR) is 77.4 cm³/mol. The van der Waals surface area contributed by atoms with Gasteiger partial charge in [0.2, 0.25) is 0 Å². The van der Waals surface area contributed by atoms with Gasteiger partial charge in [-0.15, -0.1) is 12.4 Å². The summed E-state index contributed by atoms with van der Waals surface area (Å²) in [5, 5.41) is 0. The number of alkyl halides is 1. The molecule has 7 atom stereocenters. The van der Waals surface area contributed by atoms with E-state index in [0.717, 1.165) is 19.6 Å². The Morgan fingerprint density at radius 1 is 1.17 bits per heavy atom. The first kappa shape index (κ1) is 15.0. The molecule has 6 unspecified atom stereocenters. The molecule has 1 aliphatic carbocycles. The number of hydrogen-bond donors (Lipinski definition) is 1. The Labute approximate surface area is 124 Å². The van der Waals surface area contributed by atoms with Crippen molar-refractivity contribution < 1.29 is 9.47 Å². The Morgan fingerprint density at radius 3 is 2.44 bits per heavy atom. The van der Waals surface area contributed by atoms with Gasteiger partial charge >= 0.3 is 0 Å². The molecule has 3 rings (SSSR count). The van der Waals surface area contributed by atoms with E-state index in [4.69, 9.17) is 15.2 Å². The first-order chi connectivity index (χ1) is 8.18. The number of halogens is 2. The van der Waals surface area contributed by atoms with Crippen molar-refractivity contribution in [3.8, 4) is 0 Å². The summed E-state index contributed by atoms with van der Waals surface area (Å²) in [4.78, 5) is 0.479. The second-order valence-corrected chi connectivity index (χ2v) is 6.95. The van der Waals surface area contributed by atoms with Gasteiger partial charge in [-0.3, -0.25) is 0 Å². The fourth-order valence-corrected chi connectivity index (χ4v) is 5.16. The predicted octanol–water partition coefficient (Wildman–Crippen LogP) is 2.35. The molecule has 0 bridgehead atoms. The minimum atomic E-state index is 0. The normalized spacial score (nSPS) is 48.2. The lowest BCUT2D eigenvalue weighted by Gasteiger charge is -2.44. The van der Waals surface area contributed by atoms with Gasteiger partial charge in [0.15, 0.2) is 0 Å². The van der Waals surface area contributed by atoms with Crippen LogP contribution in [0.4, 0.5) is 0 Å². The number of ether oxygens (including phenoxy) is 2. The van der Waals surface area contributed by atoms with E-state index in [2.05, 4.69) is 22.9 Å². The molecule has 3 fully saturated rings. The van der Waals surface area contributed by atoms with Crippen LogP contribution in [0.1, 0.15) is 26.2 Å². The molecule has 2 heterocycles.